The van der Waals surface area contributed by atoms with E-state index in [1.54, 1.807) is 0 Å². The predicted molar refractivity (Wildman–Crippen MR) is 72.9 cm³/mol. The zero-order valence-corrected chi connectivity index (χ0v) is 10.3. The number of rotatable bonds is 3. The molecule has 2 heterocycles. The van der Waals surface area contributed by atoms with Crippen molar-refractivity contribution in [2.75, 3.05) is 0 Å². The van der Waals surface area contributed by atoms with E-state index in [4.69, 9.17) is 4.52 Å². The Bertz CT molecular complexity index is 653. The molecule has 0 spiro atoms. The lowest BCUT2D eigenvalue weighted by Crippen LogP contribution is -2.06. The number of benzene rings is 1. The zero-order valence-electron chi connectivity index (χ0n) is 10.3. The Labute approximate surface area is 111 Å². The molecule has 0 unspecified atom stereocenters. The molecule has 0 fully saturated rings. The van der Waals surface area contributed by atoms with Crippen molar-refractivity contribution >= 4 is 5.57 Å². The Hall–Kier alpha value is -2.62. The van der Waals surface area contributed by atoms with Gasteiger partial charge in [0.1, 0.15) is 0 Å². The average molecular weight is 251 g/mol. The fourth-order valence-corrected chi connectivity index (χ4v) is 1.81. The molecule has 0 atom stereocenters. The minimum Gasteiger partial charge on any atom is -0.361 e. The smallest absolute Gasteiger partial charge is 0.231 e. The number of nitrogens with zero attached hydrogens (tertiary/aromatic N) is 2. The lowest BCUT2D eigenvalue weighted by molar-refractivity contribution is 0.383. The van der Waals surface area contributed by atoms with Crippen molar-refractivity contribution in [2.24, 2.45) is 0 Å². The Morgan fingerprint density at radius 2 is 2.00 bits per heavy atom. The topological polar surface area (TPSA) is 51.0 Å². The van der Waals surface area contributed by atoms with Crippen LogP contribution in [-0.2, 0) is 6.42 Å². The molecule has 0 radical (unpaired) electrons. The van der Waals surface area contributed by atoms with E-state index in [1.807, 2.05) is 48.7 Å². The van der Waals surface area contributed by atoms with Crippen LogP contribution in [0.3, 0.4) is 0 Å². The standard InChI is InChI=1S/C15H13N3O/c1-11-7-8-13(10-16-11)15-17-14(19-18-15)9-12-5-3-2-4-6-12/h2-8,10,16H,1,9H2. The molecule has 0 aliphatic carbocycles. The van der Waals surface area contributed by atoms with Crippen LogP contribution in [0.5, 0.6) is 0 Å². The van der Waals surface area contributed by atoms with Crippen LogP contribution in [0.1, 0.15) is 17.3 Å². The number of nitrogens with one attached hydrogen (secondary N) is 1. The van der Waals surface area contributed by atoms with Crippen molar-refractivity contribution in [3.63, 3.8) is 0 Å². The van der Waals surface area contributed by atoms with Gasteiger partial charge >= 0.3 is 0 Å². The second-order valence-corrected chi connectivity index (χ2v) is 4.28. The van der Waals surface area contributed by atoms with Gasteiger partial charge in [0.05, 0.1) is 6.42 Å². The van der Waals surface area contributed by atoms with E-state index in [0.717, 1.165) is 16.8 Å². The van der Waals surface area contributed by atoms with Crippen LogP contribution in [-0.4, -0.2) is 10.1 Å². The highest BCUT2D eigenvalue weighted by molar-refractivity contribution is 5.71. The van der Waals surface area contributed by atoms with Crippen LogP contribution >= 0.6 is 0 Å². The molecule has 4 heteroatoms. The molecule has 0 amide bonds. The summed E-state index contributed by atoms with van der Waals surface area (Å²) in [7, 11) is 0. The second-order valence-electron chi connectivity index (χ2n) is 4.28. The van der Waals surface area contributed by atoms with E-state index in [-0.39, 0.29) is 0 Å². The third-order valence-corrected chi connectivity index (χ3v) is 2.80. The van der Waals surface area contributed by atoms with Crippen LogP contribution in [0.25, 0.3) is 5.57 Å². The molecule has 2 aromatic rings. The van der Waals surface area contributed by atoms with E-state index in [2.05, 4.69) is 22.0 Å². The first-order valence-corrected chi connectivity index (χ1v) is 6.02. The first kappa shape index (κ1) is 11.5. The molecule has 4 nitrogen and oxygen atoms in total. The van der Waals surface area contributed by atoms with Gasteiger partial charge in [-0.05, 0) is 17.7 Å². The molecule has 3 rings (SSSR count). The molecular weight excluding hydrogens is 238 g/mol. The molecule has 94 valence electrons. The van der Waals surface area contributed by atoms with Crippen LogP contribution in [0, 0.1) is 0 Å². The summed E-state index contributed by atoms with van der Waals surface area (Å²) in [6, 6.07) is 10.0. The zero-order chi connectivity index (χ0) is 13.1. The van der Waals surface area contributed by atoms with Crippen LogP contribution in [0.15, 0.2) is 65.5 Å². The second kappa shape index (κ2) is 4.94. The third kappa shape index (κ3) is 2.63. The normalized spacial score (nSPS) is 14.1. The Morgan fingerprint density at radius 3 is 2.74 bits per heavy atom. The number of allylic oxidation sites excluding steroid dienone is 3. The minimum atomic E-state index is 0.585. The quantitative estimate of drug-likeness (QED) is 0.911. The van der Waals surface area contributed by atoms with E-state index >= 15 is 0 Å². The van der Waals surface area contributed by atoms with Gasteiger partial charge in [0, 0.05) is 17.5 Å². The summed E-state index contributed by atoms with van der Waals surface area (Å²) in [5.74, 6) is 1.20. The van der Waals surface area contributed by atoms with E-state index in [9.17, 15) is 0 Å². The maximum absolute atomic E-state index is 5.26. The summed E-state index contributed by atoms with van der Waals surface area (Å²) in [5, 5.41) is 7.01. The Kier molecular flexibility index (Phi) is 2.98. The summed E-state index contributed by atoms with van der Waals surface area (Å²) >= 11 is 0. The Balaban J connectivity index is 1.77. The molecule has 19 heavy (non-hydrogen) atoms. The number of aromatic nitrogens is 2. The largest absolute Gasteiger partial charge is 0.361 e. The molecule has 1 aliphatic rings. The number of hydrogen-bond acceptors (Lipinski definition) is 4. The van der Waals surface area contributed by atoms with E-state index in [0.29, 0.717) is 18.1 Å². The van der Waals surface area contributed by atoms with Gasteiger partial charge in [-0.15, -0.1) is 0 Å². The lowest BCUT2D eigenvalue weighted by Gasteiger charge is -2.06. The molecule has 0 saturated heterocycles. The molecular formula is C15H13N3O. The highest BCUT2D eigenvalue weighted by atomic mass is 16.5. The van der Waals surface area contributed by atoms with Gasteiger partial charge in [-0.3, -0.25) is 0 Å². The van der Waals surface area contributed by atoms with Crippen LogP contribution in [0.4, 0.5) is 0 Å². The first-order chi connectivity index (χ1) is 9.31. The third-order valence-electron chi connectivity index (χ3n) is 2.80. The summed E-state index contributed by atoms with van der Waals surface area (Å²) in [6.07, 6.45) is 6.25. The fourth-order valence-electron chi connectivity index (χ4n) is 1.81. The van der Waals surface area contributed by atoms with Gasteiger partial charge in [0.2, 0.25) is 11.7 Å². The van der Waals surface area contributed by atoms with Crippen LogP contribution < -0.4 is 5.32 Å². The average Bonchev–Trinajstić information content (AvgIpc) is 2.89. The highest BCUT2D eigenvalue weighted by Gasteiger charge is 2.11. The Morgan fingerprint density at radius 1 is 1.16 bits per heavy atom. The van der Waals surface area contributed by atoms with Gasteiger partial charge in [-0.25, -0.2) is 0 Å². The summed E-state index contributed by atoms with van der Waals surface area (Å²) < 4.78 is 5.26. The predicted octanol–water partition coefficient (Wildman–Crippen LogP) is 2.67. The molecule has 1 aromatic carbocycles. The first-order valence-electron chi connectivity index (χ1n) is 6.02. The van der Waals surface area contributed by atoms with Crippen molar-refractivity contribution in [3.8, 4) is 0 Å². The van der Waals surface area contributed by atoms with E-state index < -0.39 is 0 Å². The molecule has 1 aromatic heterocycles. The fraction of sp³-hybridized carbons (Fsp3) is 0.0667. The van der Waals surface area contributed by atoms with E-state index in [1.165, 1.54) is 0 Å². The molecule has 1 N–H and O–H groups in total. The van der Waals surface area contributed by atoms with Gasteiger partial charge in [-0.2, -0.15) is 4.98 Å². The van der Waals surface area contributed by atoms with Crippen molar-refractivity contribution in [2.45, 2.75) is 6.42 Å². The maximum atomic E-state index is 5.26. The summed E-state index contributed by atoms with van der Waals surface area (Å²) in [6.45, 7) is 3.80. The van der Waals surface area contributed by atoms with Crippen molar-refractivity contribution in [1.29, 1.82) is 0 Å². The highest BCUT2D eigenvalue weighted by Crippen LogP contribution is 2.16. The summed E-state index contributed by atoms with van der Waals surface area (Å²) in [4.78, 5) is 4.39. The molecule has 0 saturated carbocycles. The molecule has 0 bridgehead atoms. The monoisotopic (exact) mass is 251 g/mol. The van der Waals surface area contributed by atoms with Gasteiger partial charge in [-0.1, -0.05) is 42.1 Å². The van der Waals surface area contributed by atoms with Crippen LogP contribution in [0.2, 0.25) is 0 Å². The SMILES string of the molecule is C=C1C=CC(c2noc(Cc3ccccc3)n2)=CN1. The minimum absolute atomic E-state index is 0.585. The maximum Gasteiger partial charge on any atom is 0.231 e. The van der Waals surface area contributed by atoms with Crippen molar-refractivity contribution in [1.82, 2.24) is 15.5 Å². The summed E-state index contributed by atoms with van der Waals surface area (Å²) in [5.41, 5.74) is 2.88. The lowest BCUT2D eigenvalue weighted by atomic mass is 10.1. The van der Waals surface area contributed by atoms with Gasteiger partial charge in [0.25, 0.3) is 0 Å². The molecule has 1 aliphatic heterocycles. The number of dihydropyridines is 1. The van der Waals surface area contributed by atoms with Gasteiger partial charge in [0.15, 0.2) is 0 Å². The van der Waals surface area contributed by atoms with Gasteiger partial charge < -0.3 is 9.84 Å². The van der Waals surface area contributed by atoms with Crippen molar-refractivity contribution in [3.05, 3.63) is 78.2 Å². The number of hydrogen-bond donors (Lipinski definition) is 1. The van der Waals surface area contributed by atoms with Crippen molar-refractivity contribution < 1.29 is 4.52 Å².